The van der Waals surface area contributed by atoms with Crippen LogP contribution in [0.5, 0.6) is 0 Å². The van der Waals surface area contributed by atoms with Crippen molar-refractivity contribution in [3.8, 4) is 6.07 Å². The Hall–Kier alpha value is -2.77. The average molecular weight is 448 g/mol. The van der Waals surface area contributed by atoms with Gasteiger partial charge in [0.05, 0.1) is 5.56 Å². The van der Waals surface area contributed by atoms with Gasteiger partial charge in [-0.25, -0.2) is 8.78 Å². The van der Waals surface area contributed by atoms with E-state index in [2.05, 4.69) is 12.1 Å². The molecule has 3 aromatic rings. The predicted octanol–water partition coefficient (Wildman–Crippen LogP) is 7.16. The molecule has 0 saturated heterocycles. The first-order valence-electron chi connectivity index (χ1n) is 11.9. The van der Waals surface area contributed by atoms with E-state index in [1.807, 2.05) is 24.3 Å². The topological polar surface area (TPSA) is 33.0 Å². The molecule has 0 amide bonds. The van der Waals surface area contributed by atoms with Gasteiger partial charge in [-0.15, -0.1) is 0 Å². The van der Waals surface area contributed by atoms with Gasteiger partial charge in [0, 0.05) is 19.1 Å². The summed E-state index contributed by atoms with van der Waals surface area (Å²) in [4.78, 5) is 0. The number of ether oxygens (including phenoxy) is 1. The van der Waals surface area contributed by atoms with Crippen LogP contribution in [-0.2, 0) is 24.0 Å². The van der Waals surface area contributed by atoms with E-state index in [-0.39, 0.29) is 11.4 Å². The van der Waals surface area contributed by atoms with Crippen LogP contribution in [0, 0.1) is 34.8 Å². The van der Waals surface area contributed by atoms with Crippen LogP contribution >= 0.6 is 0 Å². The fourth-order valence-electron chi connectivity index (χ4n) is 5.11. The number of methoxy groups -OCH3 is 1. The number of nitriles is 1. The zero-order valence-electron chi connectivity index (χ0n) is 19.2. The van der Waals surface area contributed by atoms with Crippen molar-refractivity contribution in [2.75, 3.05) is 13.7 Å². The van der Waals surface area contributed by atoms with Crippen LogP contribution < -0.4 is 0 Å². The maximum atomic E-state index is 15.2. The van der Waals surface area contributed by atoms with E-state index in [1.165, 1.54) is 49.8 Å². The van der Waals surface area contributed by atoms with Gasteiger partial charge in [0.2, 0.25) is 0 Å². The lowest BCUT2D eigenvalue weighted by Gasteiger charge is -2.28. The molecule has 0 radical (unpaired) electrons. The Labute approximate surface area is 195 Å². The number of aryl methyl sites for hydroxylation is 3. The van der Waals surface area contributed by atoms with Crippen LogP contribution in [0.1, 0.15) is 54.4 Å². The summed E-state index contributed by atoms with van der Waals surface area (Å²) in [6.45, 7) is 0.884. The molecular formula is C29H31F2NO. The summed E-state index contributed by atoms with van der Waals surface area (Å²) in [7, 11) is 1.79. The number of hydrogen-bond acceptors (Lipinski definition) is 2. The second-order valence-corrected chi connectivity index (χ2v) is 9.40. The van der Waals surface area contributed by atoms with Crippen molar-refractivity contribution in [1.82, 2.24) is 0 Å². The molecule has 0 aliphatic heterocycles. The molecule has 1 fully saturated rings. The Balaban J connectivity index is 1.37. The monoisotopic (exact) mass is 447 g/mol. The standard InChI is InChI=1S/C29H31F2NO/c1-33-19-23-6-3-20(4-7-23)2-5-21-10-15-27-25(16-21)14-13-24(29(27)31)11-8-22-9-12-26(18-32)28(30)17-22/h9-10,12-17,20,23H,2-8,11,19H2,1H3. The van der Waals surface area contributed by atoms with Crippen LogP contribution in [0.15, 0.2) is 48.5 Å². The van der Waals surface area contributed by atoms with Crippen LogP contribution in [-0.4, -0.2) is 13.7 Å². The van der Waals surface area contributed by atoms with Gasteiger partial charge in [-0.1, -0.05) is 49.2 Å². The molecule has 1 aliphatic carbocycles. The first-order valence-corrected chi connectivity index (χ1v) is 11.9. The van der Waals surface area contributed by atoms with Crippen molar-refractivity contribution in [2.45, 2.75) is 51.4 Å². The number of hydrogen-bond donors (Lipinski definition) is 0. The zero-order valence-corrected chi connectivity index (χ0v) is 19.2. The molecule has 3 aromatic carbocycles. The molecular weight excluding hydrogens is 416 g/mol. The maximum Gasteiger partial charge on any atom is 0.141 e. The highest BCUT2D eigenvalue weighted by Gasteiger charge is 2.21. The summed E-state index contributed by atoms with van der Waals surface area (Å²) in [5.74, 6) is 0.786. The molecule has 2 nitrogen and oxygen atoms in total. The van der Waals surface area contributed by atoms with Crippen LogP contribution in [0.3, 0.4) is 0 Å². The van der Waals surface area contributed by atoms with E-state index >= 15 is 4.39 Å². The Morgan fingerprint density at radius 1 is 0.879 bits per heavy atom. The second-order valence-electron chi connectivity index (χ2n) is 9.40. The van der Waals surface area contributed by atoms with E-state index in [0.717, 1.165) is 35.8 Å². The fourth-order valence-corrected chi connectivity index (χ4v) is 5.11. The fraction of sp³-hybridized carbons (Fsp3) is 0.414. The normalized spacial score (nSPS) is 18.4. The lowest BCUT2D eigenvalue weighted by molar-refractivity contribution is 0.117. The van der Waals surface area contributed by atoms with Crippen LogP contribution in [0.25, 0.3) is 10.8 Å². The second kappa shape index (κ2) is 10.9. The van der Waals surface area contributed by atoms with E-state index in [0.29, 0.717) is 23.8 Å². The number of rotatable bonds is 8. The SMILES string of the molecule is COCC1CCC(CCc2ccc3c(F)c(CCc4ccc(C#N)c(F)c4)ccc3c2)CC1. The minimum atomic E-state index is -0.524. The molecule has 1 saturated carbocycles. The Morgan fingerprint density at radius 3 is 2.33 bits per heavy atom. The van der Waals surface area contributed by atoms with Crippen LogP contribution in [0.4, 0.5) is 8.78 Å². The molecule has 1 aliphatic rings. The molecule has 4 heteroatoms. The van der Waals surface area contributed by atoms with Gasteiger partial charge < -0.3 is 4.74 Å². The lowest BCUT2D eigenvalue weighted by Crippen LogP contribution is -2.18. The highest BCUT2D eigenvalue weighted by atomic mass is 19.1. The average Bonchev–Trinajstić information content (AvgIpc) is 2.83. The molecule has 33 heavy (non-hydrogen) atoms. The van der Waals surface area contributed by atoms with E-state index in [9.17, 15) is 4.39 Å². The molecule has 0 unspecified atom stereocenters. The number of halogens is 2. The molecule has 0 N–H and O–H groups in total. The van der Waals surface area contributed by atoms with Gasteiger partial charge >= 0.3 is 0 Å². The van der Waals surface area contributed by atoms with Crippen molar-refractivity contribution in [3.63, 3.8) is 0 Å². The lowest BCUT2D eigenvalue weighted by atomic mass is 9.80. The van der Waals surface area contributed by atoms with Crippen molar-refractivity contribution in [3.05, 3.63) is 82.4 Å². The summed E-state index contributed by atoms with van der Waals surface area (Å²) in [5.41, 5.74) is 2.69. The van der Waals surface area contributed by atoms with E-state index < -0.39 is 5.82 Å². The Kier molecular flexibility index (Phi) is 7.73. The summed E-state index contributed by atoms with van der Waals surface area (Å²) < 4.78 is 34.3. The molecule has 4 rings (SSSR count). The first-order chi connectivity index (χ1) is 16.1. The van der Waals surface area contributed by atoms with Crippen molar-refractivity contribution >= 4 is 10.8 Å². The van der Waals surface area contributed by atoms with Gasteiger partial charge in [-0.2, -0.15) is 5.26 Å². The molecule has 172 valence electrons. The number of fused-ring (bicyclic) bond motifs is 1. The third-order valence-corrected chi connectivity index (χ3v) is 7.15. The molecule has 0 heterocycles. The van der Waals surface area contributed by atoms with Gasteiger partial charge in [-0.05, 0) is 84.6 Å². The molecule has 0 atom stereocenters. The minimum Gasteiger partial charge on any atom is -0.384 e. The van der Waals surface area contributed by atoms with Crippen LogP contribution in [0.2, 0.25) is 0 Å². The highest BCUT2D eigenvalue weighted by Crippen LogP contribution is 2.32. The number of benzene rings is 3. The summed E-state index contributed by atoms with van der Waals surface area (Å²) in [6.07, 6.45) is 8.32. The Morgan fingerprint density at radius 2 is 1.61 bits per heavy atom. The van der Waals surface area contributed by atoms with Crippen molar-refractivity contribution < 1.29 is 13.5 Å². The van der Waals surface area contributed by atoms with Gasteiger partial charge in [0.1, 0.15) is 17.7 Å². The zero-order chi connectivity index (χ0) is 23.2. The maximum absolute atomic E-state index is 15.2. The Bertz CT molecular complexity index is 1140. The summed E-state index contributed by atoms with van der Waals surface area (Å²) in [6, 6.07) is 16.3. The third kappa shape index (κ3) is 5.78. The molecule has 0 aromatic heterocycles. The molecule has 0 spiro atoms. The minimum absolute atomic E-state index is 0.0326. The quantitative estimate of drug-likeness (QED) is 0.367. The van der Waals surface area contributed by atoms with E-state index in [4.69, 9.17) is 10.00 Å². The molecule has 0 bridgehead atoms. The van der Waals surface area contributed by atoms with E-state index in [1.54, 1.807) is 13.2 Å². The largest absolute Gasteiger partial charge is 0.384 e. The van der Waals surface area contributed by atoms with Gasteiger partial charge in [0.15, 0.2) is 0 Å². The third-order valence-electron chi connectivity index (χ3n) is 7.15. The number of nitrogens with zero attached hydrogens (tertiary/aromatic N) is 1. The van der Waals surface area contributed by atoms with Crippen molar-refractivity contribution in [2.24, 2.45) is 11.8 Å². The predicted molar refractivity (Wildman–Crippen MR) is 128 cm³/mol. The smallest absolute Gasteiger partial charge is 0.141 e. The van der Waals surface area contributed by atoms with Gasteiger partial charge in [-0.3, -0.25) is 0 Å². The first kappa shape index (κ1) is 23.4. The summed E-state index contributed by atoms with van der Waals surface area (Å²) >= 11 is 0. The highest BCUT2D eigenvalue weighted by molar-refractivity contribution is 5.84. The van der Waals surface area contributed by atoms with Gasteiger partial charge in [0.25, 0.3) is 0 Å². The summed E-state index contributed by atoms with van der Waals surface area (Å²) in [5, 5.41) is 10.4. The van der Waals surface area contributed by atoms with Crippen molar-refractivity contribution in [1.29, 1.82) is 5.26 Å².